The molecular weight excluding hydrogens is 242 g/mol. The smallest absolute Gasteiger partial charge is 0.308 e. The van der Waals surface area contributed by atoms with Crippen LogP contribution in [-0.4, -0.2) is 24.2 Å². The quantitative estimate of drug-likeness (QED) is 0.869. The van der Waals surface area contributed by atoms with Crippen LogP contribution in [0.4, 0.5) is 5.69 Å². The molecule has 1 heterocycles. The summed E-state index contributed by atoms with van der Waals surface area (Å²) in [7, 11) is 0. The Kier molecular flexibility index (Phi) is 3.68. The molecule has 1 aliphatic heterocycles. The molecule has 1 atom stereocenters. The van der Waals surface area contributed by atoms with Crippen molar-refractivity contribution in [2.75, 3.05) is 18.0 Å². The highest BCUT2D eigenvalue weighted by Gasteiger charge is 2.27. The molecule has 1 aliphatic rings. The second-order valence-corrected chi connectivity index (χ2v) is 4.55. The normalized spacial score (nSPS) is 18.4. The minimum absolute atomic E-state index is 0.350. The molecule has 1 unspecified atom stereocenters. The summed E-state index contributed by atoms with van der Waals surface area (Å²) in [6.07, 6.45) is 1.39. The van der Waals surface area contributed by atoms with Gasteiger partial charge in [-0.15, -0.1) is 0 Å². The minimum atomic E-state index is -0.822. The van der Waals surface area contributed by atoms with Crippen LogP contribution in [0.3, 0.4) is 0 Å². The molecule has 0 bridgehead atoms. The summed E-state index contributed by atoms with van der Waals surface area (Å²) in [6.45, 7) is 1.03. The van der Waals surface area contributed by atoms with Crippen LogP contribution in [0.5, 0.6) is 0 Å². The van der Waals surface area contributed by atoms with Gasteiger partial charge in [0.05, 0.1) is 22.7 Å². The number of nitriles is 2. The van der Waals surface area contributed by atoms with Crippen molar-refractivity contribution in [1.82, 2.24) is 0 Å². The standard InChI is InChI=1S/C14H13N3O2/c15-7-10-3-1-4-11(8-16)13(10)17-6-2-5-12(9-17)14(18)19/h1,3-4,12H,2,5-6,9H2,(H,18,19). The van der Waals surface area contributed by atoms with E-state index < -0.39 is 11.9 Å². The number of nitrogens with zero attached hydrogens (tertiary/aromatic N) is 3. The first-order chi connectivity index (χ1) is 9.17. The zero-order chi connectivity index (χ0) is 13.8. The highest BCUT2D eigenvalue weighted by molar-refractivity contribution is 5.73. The number of carboxylic acid groups (broad SMARTS) is 1. The zero-order valence-electron chi connectivity index (χ0n) is 10.3. The summed E-state index contributed by atoms with van der Waals surface area (Å²) >= 11 is 0. The lowest BCUT2D eigenvalue weighted by atomic mass is 9.96. The van der Waals surface area contributed by atoms with E-state index in [1.165, 1.54) is 0 Å². The summed E-state index contributed by atoms with van der Waals surface area (Å²) in [5.74, 6) is -1.26. The van der Waals surface area contributed by atoms with E-state index in [0.29, 0.717) is 36.3 Å². The van der Waals surface area contributed by atoms with Gasteiger partial charge in [0.15, 0.2) is 0 Å². The third-order valence-corrected chi connectivity index (χ3v) is 3.36. The molecule has 5 heteroatoms. The van der Waals surface area contributed by atoms with Crippen LogP contribution < -0.4 is 4.90 Å². The van der Waals surface area contributed by atoms with Crippen LogP contribution in [0.25, 0.3) is 0 Å². The van der Waals surface area contributed by atoms with E-state index in [9.17, 15) is 4.79 Å². The first kappa shape index (κ1) is 12.9. The Morgan fingerprint density at radius 3 is 2.47 bits per heavy atom. The van der Waals surface area contributed by atoms with Gasteiger partial charge < -0.3 is 10.0 Å². The van der Waals surface area contributed by atoms with Crippen molar-refractivity contribution in [3.8, 4) is 12.1 Å². The van der Waals surface area contributed by atoms with Gasteiger partial charge >= 0.3 is 5.97 Å². The summed E-state index contributed by atoms with van der Waals surface area (Å²) in [5.41, 5.74) is 1.41. The number of rotatable bonds is 2. The van der Waals surface area contributed by atoms with Crippen LogP contribution in [0, 0.1) is 28.6 Å². The SMILES string of the molecule is N#Cc1cccc(C#N)c1N1CCCC(C(=O)O)C1. The first-order valence-corrected chi connectivity index (χ1v) is 6.08. The third kappa shape index (κ3) is 2.51. The van der Waals surface area contributed by atoms with Crippen LogP contribution in [0.2, 0.25) is 0 Å². The lowest BCUT2D eigenvalue weighted by molar-refractivity contribution is -0.141. The fourth-order valence-corrected chi connectivity index (χ4v) is 2.45. The van der Waals surface area contributed by atoms with Crippen molar-refractivity contribution >= 4 is 11.7 Å². The van der Waals surface area contributed by atoms with Crippen molar-refractivity contribution in [2.24, 2.45) is 5.92 Å². The molecule has 0 amide bonds. The molecule has 1 aromatic rings. The van der Waals surface area contributed by atoms with Crippen molar-refractivity contribution in [3.63, 3.8) is 0 Å². The number of anilines is 1. The Bertz CT molecular complexity index is 551. The first-order valence-electron chi connectivity index (χ1n) is 6.08. The van der Waals surface area contributed by atoms with Gasteiger partial charge in [0.25, 0.3) is 0 Å². The summed E-state index contributed by atoms with van der Waals surface area (Å²) in [5, 5.41) is 27.4. The summed E-state index contributed by atoms with van der Waals surface area (Å²) in [6, 6.07) is 9.12. The van der Waals surface area contributed by atoms with Gasteiger partial charge in [-0.25, -0.2) is 0 Å². The van der Waals surface area contributed by atoms with E-state index in [-0.39, 0.29) is 0 Å². The number of para-hydroxylation sites is 1. The van der Waals surface area contributed by atoms with Crippen molar-refractivity contribution in [3.05, 3.63) is 29.3 Å². The number of carboxylic acids is 1. The Morgan fingerprint density at radius 1 is 1.32 bits per heavy atom. The maximum Gasteiger partial charge on any atom is 0.308 e. The van der Waals surface area contributed by atoms with Crippen molar-refractivity contribution in [1.29, 1.82) is 10.5 Å². The Labute approximate surface area is 111 Å². The Balaban J connectivity index is 2.39. The number of hydrogen-bond donors (Lipinski definition) is 1. The van der Waals surface area contributed by atoms with Crippen molar-refractivity contribution < 1.29 is 9.90 Å². The van der Waals surface area contributed by atoms with Crippen LogP contribution >= 0.6 is 0 Å². The molecule has 1 saturated heterocycles. The lowest BCUT2D eigenvalue weighted by Gasteiger charge is -2.33. The Morgan fingerprint density at radius 2 is 1.95 bits per heavy atom. The lowest BCUT2D eigenvalue weighted by Crippen LogP contribution is -2.39. The Hall–Kier alpha value is -2.53. The van der Waals surface area contributed by atoms with E-state index in [1.807, 2.05) is 4.90 Å². The highest BCUT2D eigenvalue weighted by Crippen LogP contribution is 2.29. The van der Waals surface area contributed by atoms with Gasteiger partial charge in [-0.1, -0.05) is 6.07 Å². The summed E-state index contributed by atoms with van der Waals surface area (Å²) in [4.78, 5) is 12.9. The molecule has 0 aliphatic carbocycles. The average Bonchev–Trinajstić information content (AvgIpc) is 2.46. The molecule has 1 fully saturated rings. The molecule has 1 N–H and O–H groups in total. The van der Waals surface area contributed by atoms with E-state index in [1.54, 1.807) is 18.2 Å². The third-order valence-electron chi connectivity index (χ3n) is 3.36. The second-order valence-electron chi connectivity index (χ2n) is 4.55. The fourth-order valence-electron chi connectivity index (χ4n) is 2.45. The molecule has 0 saturated carbocycles. The largest absolute Gasteiger partial charge is 0.481 e. The molecule has 0 aromatic heterocycles. The number of piperidine rings is 1. The predicted molar refractivity (Wildman–Crippen MR) is 68.4 cm³/mol. The molecular formula is C14H13N3O2. The number of hydrogen-bond acceptors (Lipinski definition) is 4. The number of benzene rings is 1. The van der Waals surface area contributed by atoms with Crippen LogP contribution in [-0.2, 0) is 4.79 Å². The number of aliphatic carboxylic acids is 1. The molecule has 0 radical (unpaired) electrons. The van der Waals surface area contributed by atoms with E-state index in [2.05, 4.69) is 12.1 Å². The van der Waals surface area contributed by atoms with Gasteiger partial charge in [-0.3, -0.25) is 4.79 Å². The topological polar surface area (TPSA) is 88.1 Å². The molecule has 2 rings (SSSR count). The monoisotopic (exact) mass is 255 g/mol. The van der Waals surface area contributed by atoms with Gasteiger partial charge in [-0.2, -0.15) is 10.5 Å². The predicted octanol–water partition coefficient (Wildman–Crippen LogP) is 1.73. The van der Waals surface area contributed by atoms with Crippen LogP contribution in [0.1, 0.15) is 24.0 Å². The zero-order valence-corrected chi connectivity index (χ0v) is 10.3. The maximum atomic E-state index is 11.1. The average molecular weight is 255 g/mol. The van der Waals surface area contributed by atoms with Gasteiger partial charge in [-0.05, 0) is 25.0 Å². The van der Waals surface area contributed by atoms with Gasteiger partial charge in [0, 0.05) is 13.1 Å². The van der Waals surface area contributed by atoms with Gasteiger partial charge in [0.2, 0.25) is 0 Å². The molecule has 19 heavy (non-hydrogen) atoms. The molecule has 5 nitrogen and oxygen atoms in total. The minimum Gasteiger partial charge on any atom is -0.481 e. The fraction of sp³-hybridized carbons (Fsp3) is 0.357. The maximum absolute atomic E-state index is 11.1. The van der Waals surface area contributed by atoms with E-state index >= 15 is 0 Å². The van der Waals surface area contributed by atoms with Crippen LogP contribution in [0.15, 0.2) is 18.2 Å². The second kappa shape index (κ2) is 5.41. The van der Waals surface area contributed by atoms with Gasteiger partial charge in [0.1, 0.15) is 12.1 Å². The summed E-state index contributed by atoms with van der Waals surface area (Å²) < 4.78 is 0. The van der Waals surface area contributed by atoms with Crippen molar-refractivity contribution in [2.45, 2.75) is 12.8 Å². The molecule has 0 spiro atoms. The molecule has 1 aromatic carbocycles. The van der Waals surface area contributed by atoms with E-state index in [0.717, 1.165) is 6.42 Å². The molecule has 96 valence electrons. The highest BCUT2D eigenvalue weighted by atomic mass is 16.4. The number of carbonyl (C=O) groups is 1. The van der Waals surface area contributed by atoms with E-state index in [4.69, 9.17) is 15.6 Å².